The molecule has 0 amide bonds. The van der Waals surface area contributed by atoms with Gasteiger partial charge in [0.25, 0.3) is 5.56 Å². The number of aromatic nitrogens is 1. The van der Waals surface area contributed by atoms with Gasteiger partial charge in [-0.15, -0.1) is 0 Å². The highest BCUT2D eigenvalue weighted by Gasteiger charge is 2.33. The van der Waals surface area contributed by atoms with Crippen molar-refractivity contribution in [3.05, 3.63) is 57.9 Å². The number of nitrogens with one attached hydrogen (secondary N) is 1. The lowest BCUT2D eigenvalue weighted by molar-refractivity contribution is -0.137. The zero-order valence-corrected chi connectivity index (χ0v) is 16.2. The molecule has 2 unspecified atom stereocenters. The summed E-state index contributed by atoms with van der Waals surface area (Å²) in [4.78, 5) is 19.4. The Hall–Kier alpha value is -2.48. The Kier molecular flexibility index (Phi) is 5.29. The number of hydrogen-bond donors (Lipinski definition) is 1. The second kappa shape index (κ2) is 7.74. The van der Waals surface area contributed by atoms with E-state index in [4.69, 9.17) is 4.74 Å². The van der Waals surface area contributed by atoms with Gasteiger partial charge in [-0.2, -0.15) is 13.2 Å². The molecule has 2 atom stereocenters. The first-order valence-corrected chi connectivity index (χ1v) is 9.85. The number of hydrogen-bond acceptors (Lipinski definition) is 4. The van der Waals surface area contributed by atoms with Crippen LogP contribution in [0.4, 0.5) is 24.7 Å². The monoisotopic (exact) mass is 407 g/mol. The van der Waals surface area contributed by atoms with Crippen LogP contribution in [-0.4, -0.2) is 37.3 Å². The molecule has 0 spiro atoms. The number of benzene rings is 1. The average Bonchev–Trinajstić information content (AvgIpc) is 3.17. The molecule has 2 aliphatic rings. The minimum atomic E-state index is -4.37. The Morgan fingerprint density at radius 2 is 1.97 bits per heavy atom. The topological polar surface area (TPSA) is 48.6 Å². The second-order valence-electron chi connectivity index (χ2n) is 7.68. The molecule has 2 aromatic rings. The lowest BCUT2D eigenvalue weighted by Crippen LogP contribution is -2.44. The summed E-state index contributed by atoms with van der Waals surface area (Å²) in [6, 6.07) is 8.92. The molecule has 3 heterocycles. The summed E-state index contributed by atoms with van der Waals surface area (Å²) in [7, 11) is 0. The average molecular weight is 407 g/mol. The summed E-state index contributed by atoms with van der Waals surface area (Å²) in [5.41, 5.74) is 0.565. The summed E-state index contributed by atoms with van der Waals surface area (Å²) in [5, 5.41) is 0. The molecular formula is C21H24F3N3O2. The molecular weight excluding hydrogens is 383 g/mol. The number of rotatable bonds is 3. The third kappa shape index (κ3) is 4.12. The highest BCUT2D eigenvalue weighted by molar-refractivity contribution is 5.57. The van der Waals surface area contributed by atoms with Gasteiger partial charge in [0, 0.05) is 37.0 Å². The number of nitrogens with zero attached hydrogens (tertiary/aromatic N) is 2. The van der Waals surface area contributed by atoms with Gasteiger partial charge in [-0.3, -0.25) is 4.79 Å². The molecule has 156 valence electrons. The van der Waals surface area contributed by atoms with E-state index in [1.807, 2.05) is 17.9 Å². The van der Waals surface area contributed by atoms with Crippen LogP contribution in [0.5, 0.6) is 0 Å². The highest BCUT2D eigenvalue weighted by atomic mass is 19.4. The molecule has 2 saturated heterocycles. The van der Waals surface area contributed by atoms with Gasteiger partial charge >= 0.3 is 6.18 Å². The summed E-state index contributed by atoms with van der Waals surface area (Å²) < 4.78 is 44.9. The van der Waals surface area contributed by atoms with Gasteiger partial charge in [0.2, 0.25) is 0 Å². The van der Waals surface area contributed by atoms with Crippen LogP contribution >= 0.6 is 0 Å². The Bertz CT molecular complexity index is 928. The quantitative estimate of drug-likeness (QED) is 0.837. The molecule has 0 saturated carbocycles. The van der Waals surface area contributed by atoms with Crippen molar-refractivity contribution in [2.75, 3.05) is 36.1 Å². The van der Waals surface area contributed by atoms with Crippen molar-refractivity contribution >= 4 is 11.5 Å². The van der Waals surface area contributed by atoms with E-state index in [2.05, 4.69) is 9.88 Å². The molecule has 29 heavy (non-hydrogen) atoms. The van der Waals surface area contributed by atoms with Crippen LogP contribution in [0.1, 0.15) is 36.9 Å². The van der Waals surface area contributed by atoms with Gasteiger partial charge in [0.1, 0.15) is 5.82 Å². The minimum Gasteiger partial charge on any atom is -0.377 e. The number of halogens is 3. The molecule has 4 rings (SSSR count). The second-order valence-corrected chi connectivity index (χ2v) is 7.68. The van der Waals surface area contributed by atoms with E-state index in [0.717, 1.165) is 24.6 Å². The van der Waals surface area contributed by atoms with Crippen molar-refractivity contribution < 1.29 is 17.9 Å². The number of morpholine rings is 1. The van der Waals surface area contributed by atoms with Crippen LogP contribution < -0.4 is 15.4 Å². The van der Waals surface area contributed by atoms with Gasteiger partial charge in [0.05, 0.1) is 24.8 Å². The number of aromatic amines is 1. The number of anilines is 2. The molecule has 8 heteroatoms. The molecule has 0 bridgehead atoms. The van der Waals surface area contributed by atoms with E-state index in [1.54, 1.807) is 12.1 Å². The fourth-order valence-corrected chi connectivity index (χ4v) is 4.27. The molecule has 5 nitrogen and oxygen atoms in total. The molecule has 1 aromatic heterocycles. The molecule has 2 fully saturated rings. The summed E-state index contributed by atoms with van der Waals surface area (Å²) in [6.45, 7) is 4.61. The zero-order chi connectivity index (χ0) is 20.6. The van der Waals surface area contributed by atoms with Crippen molar-refractivity contribution in [1.29, 1.82) is 0 Å². The lowest BCUT2D eigenvalue weighted by Gasteiger charge is -2.36. The van der Waals surface area contributed by atoms with E-state index in [0.29, 0.717) is 37.7 Å². The molecule has 1 N–H and O–H groups in total. The summed E-state index contributed by atoms with van der Waals surface area (Å²) >= 11 is 0. The standard InChI is InChI=1S/C21H24F3N3O2/c1-14-13-29-9-8-26(14)17-11-19(25-20(28)12-17)27-7-3-6-18(27)15-4-2-5-16(10-15)21(22,23)24/h2,4-5,10-12,14,18H,3,6-9,13H2,1H3,(H,25,28). The largest absolute Gasteiger partial charge is 0.416 e. The van der Waals surface area contributed by atoms with E-state index < -0.39 is 11.7 Å². The fraction of sp³-hybridized carbons (Fsp3) is 0.476. The first-order chi connectivity index (χ1) is 13.8. The third-order valence-electron chi connectivity index (χ3n) is 5.68. The third-order valence-corrected chi connectivity index (χ3v) is 5.68. The molecule has 1 aromatic carbocycles. The minimum absolute atomic E-state index is 0.149. The van der Waals surface area contributed by atoms with Gasteiger partial charge < -0.3 is 19.5 Å². The maximum absolute atomic E-state index is 13.1. The zero-order valence-electron chi connectivity index (χ0n) is 16.2. The predicted molar refractivity (Wildman–Crippen MR) is 105 cm³/mol. The fourth-order valence-electron chi connectivity index (χ4n) is 4.27. The predicted octanol–water partition coefficient (Wildman–Crippen LogP) is 3.96. The van der Waals surface area contributed by atoms with Crippen LogP contribution in [0, 0.1) is 0 Å². The van der Waals surface area contributed by atoms with Crippen LogP contribution in [0.2, 0.25) is 0 Å². The van der Waals surface area contributed by atoms with E-state index in [1.165, 1.54) is 12.1 Å². The molecule has 0 aliphatic carbocycles. The van der Waals surface area contributed by atoms with Gasteiger partial charge in [0.15, 0.2) is 0 Å². The van der Waals surface area contributed by atoms with Crippen LogP contribution in [-0.2, 0) is 10.9 Å². The van der Waals surface area contributed by atoms with Crippen LogP contribution in [0.25, 0.3) is 0 Å². The van der Waals surface area contributed by atoms with E-state index in [9.17, 15) is 18.0 Å². The van der Waals surface area contributed by atoms with Crippen molar-refractivity contribution in [1.82, 2.24) is 4.98 Å². The lowest BCUT2D eigenvalue weighted by atomic mass is 10.0. The van der Waals surface area contributed by atoms with Gasteiger partial charge in [-0.05, 0) is 37.5 Å². The number of H-pyrrole nitrogens is 1. The maximum atomic E-state index is 13.1. The first kappa shape index (κ1) is 19.8. The van der Waals surface area contributed by atoms with Crippen molar-refractivity contribution in [2.45, 2.75) is 38.0 Å². The van der Waals surface area contributed by atoms with Gasteiger partial charge in [-0.25, -0.2) is 0 Å². The Morgan fingerprint density at radius 1 is 1.14 bits per heavy atom. The maximum Gasteiger partial charge on any atom is 0.416 e. The summed E-state index contributed by atoms with van der Waals surface area (Å²) in [5.74, 6) is 0.645. The Morgan fingerprint density at radius 3 is 2.72 bits per heavy atom. The first-order valence-electron chi connectivity index (χ1n) is 9.85. The molecule has 0 radical (unpaired) electrons. The molecule has 2 aliphatic heterocycles. The Balaban J connectivity index is 1.67. The van der Waals surface area contributed by atoms with E-state index in [-0.39, 0.29) is 17.6 Å². The van der Waals surface area contributed by atoms with Crippen LogP contribution in [0.3, 0.4) is 0 Å². The van der Waals surface area contributed by atoms with Crippen molar-refractivity contribution in [3.63, 3.8) is 0 Å². The van der Waals surface area contributed by atoms with E-state index >= 15 is 0 Å². The van der Waals surface area contributed by atoms with Gasteiger partial charge in [-0.1, -0.05) is 12.1 Å². The summed E-state index contributed by atoms with van der Waals surface area (Å²) in [6.07, 6.45) is -2.79. The van der Waals surface area contributed by atoms with Crippen LogP contribution in [0.15, 0.2) is 41.2 Å². The number of alkyl halides is 3. The SMILES string of the molecule is CC1COCCN1c1cc(N2CCCC2c2cccc(C(F)(F)F)c2)[nH]c(=O)c1. The number of pyridine rings is 1. The van der Waals surface area contributed by atoms with Crippen molar-refractivity contribution in [2.24, 2.45) is 0 Å². The smallest absolute Gasteiger partial charge is 0.377 e. The normalized spacial score (nSPS) is 22.9. The Labute approximate surface area is 167 Å². The number of ether oxygens (including phenoxy) is 1. The van der Waals surface area contributed by atoms with Crippen molar-refractivity contribution in [3.8, 4) is 0 Å². The highest BCUT2D eigenvalue weighted by Crippen LogP contribution is 2.38.